The van der Waals surface area contributed by atoms with Crippen LogP contribution in [0, 0.1) is 20.8 Å². The molecule has 3 heterocycles. The summed E-state index contributed by atoms with van der Waals surface area (Å²) in [4.78, 5) is 33.5. The Bertz CT molecular complexity index is 1200. The largest absolute Gasteiger partial charge is 0.481 e. The molecule has 3 aromatic rings. The molecule has 4 rings (SSSR count). The lowest BCUT2D eigenvalue weighted by Gasteiger charge is -2.26. The lowest BCUT2D eigenvalue weighted by molar-refractivity contribution is -0.137. The van der Waals surface area contributed by atoms with Crippen molar-refractivity contribution in [3.05, 3.63) is 63.8 Å². The van der Waals surface area contributed by atoms with Gasteiger partial charge in [0.2, 0.25) is 0 Å². The van der Waals surface area contributed by atoms with E-state index in [9.17, 15) is 9.59 Å². The Morgan fingerprint density at radius 3 is 2.66 bits per heavy atom. The summed E-state index contributed by atoms with van der Waals surface area (Å²) < 4.78 is 11.4. The maximum absolute atomic E-state index is 13.1. The number of rotatable bonds is 4. The molecule has 1 saturated heterocycles. The average molecular weight is 436 g/mol. The highest BCUT2D eigenvalue weighted by Crippen LogP contribution is 2.25. The van der Waals surface area contributed by atoms with Gasteiger partial charge >= 0.3 is 5.63 Å². The van der Waals surface area contributed by atoms with Crippen molar-refractivity contribution < 1.29 is 13.9 Å². The van der Waals surface area contributed by atoms with Gasteiger partial charge in [0.25, 0.3) is 5.91 Å². The van der Waals surface area contributed by atoms with Crippen molar-refractivity contribution >= 4 is 22.6 Å². The zero-order valence-corrected chi connectivity index (χ0v) is 19.1. The van der Waals surface area contributed by atoms with Gasteiger partial charge in [0.1, 0.15) is 11.3 Å². The van der Waals surface area contributed by atoms with E-state index >= 15 is 0 Å². The summed E-state index contributed by atoms with van der Waals surface area (Å²) in [6.45, 7) is 10.4. The van der Waals surface area contributed by atoms with E-state index in [2.05, 4.69) is 16.0 Å². The Kier molecular flexibility index (Phi) is 6.17. The zero-order chi connectivity index (χ0) is 22.8. The fraction of sp³-hybridized carbons (Fsp3) is 0.400. The number of hydrogen-bond acceptors (Lipinski definition) is 6. The summed E-state index contributed by atoms with van der Waals surface area (Å²) in [5, 5.41) is 0.868. The highest BCUT2D eigenvalue weighted by atomic mass is 16.5. The molecule has 1 unspecified atom stereocenters. The topological polar surface area (TPSA) is 75.9 Å². The molecule has 0 bridgehead atoms. The summed E-state index contributed by atoms with van der Waals surface area (Å²) >= 11 is 0. The molecule has 0 N–H and O–H groups in total. The zero-order valence-electron chi connectivity index (χ0n) is 19.1. The predicted molar refractivity (Wildman–Crippen MR) is 124 cm³/mol. The van der Waals surface area contributed by atoms with Crippen LogP contribution in [0.1, 0.15) is 30.2 Å². The average Bonchev–Trinajstić information content (AvgIpc) is 3.03. The first-order chi connectivity index (χ1) is 15.3. The molecule has 2 aromatic heterocycles. The first-order valence-corrected chi connectivity index (χ1v) is 11.0. The van der Waals surface area contributed by atoms with Gasteiger partial charge < -0.3 is 19.0 Å². The number of pyridine rings is 1. The minimum absolute atomic E-state index is 0.0422. The molecule has 1 aliphatic heterocycles. The SMILES string of the molecule is Cc1cc(N2CCCN(C(=O)C(C)Oc3ccc4c(C)c(C)c(=O)oc4c3)CC2)ccn1. The van der Waals surface area contributed by atoms with E-state index < -0.39 is 6.10 Å². The molecule has 0 spiro atoms. The summed E-state index contributed by atoms with van der Waals surface area (Å²) in [5.74, 6) is 0.466. The normalized spacial score (nSPS) is 15.5. The number of aromatic nitrogens is 1. The lowest BCUT2D eigenvalue weighted by Crippen LogP contribution is -2.42. The van der Waals surface area contributed by atoms with Gasteiger partial charge in [-0.25, -0.2) is 4.79 Å². The van der Waals surface area contributed by atoms with Crippen LogP contribution in [0.2, 0.25) is 0 Å². The van der Waals surface area contributed by atoms with Crippen LogP contribution in [0.3, 0.4) is 0 Å². The van der Waals surface area contributed by atoms with Crippen molar-refractivity contribution in [1.29, 1.82) is 0 Å². The molecule has 0 radical (unpaired) electrons. The summed E-state index contributed by atoms with van der Waals surface area (Å²) in [7, 11) is 0. The smallest absolute Gasteiger partial charge is 0.339 e. The van der Waals surface area contributed by atoms with E-state index in [0.717, 1.165) is 41.8 Å². The van der Waals surface area contributed by atoms with Crippen LogP contribution in [0.4, 0.5) is 5.69 Å². The van der Waals surface area contributed by atoms with E-state index in [1.165, 1.54) is 0 Å². The first-order valence-electron chi connectivity index (χ1n) is 11.0. The van der Waals surface area contributed by atoms with Gasteiger partial charge in [-0.05, 0) is 63.9 Å². The molecular weight excluding hydrogens is 406 g/mol. The number of anilines is 1. The molecule has 1 atom stereocenters. The number of hydrogen-bond donors (Lipinski definition) is 0. The monoisotopic (exact) mass is 435 g/mol. The number of fused-ring (bicyclic) bond motifs is 1. The molecule has 1 amide bonds. The van der Waals surface area contributed by atoms with Crippen LogP contribution in [0.15, 0.2) is 45.7 Å². The number of nitrogens with zero attached hydrogens (tertiary/aromatic N) is 3. The molecule has 168 valence electrons. The standard InChI is InChI=1S/C25H29N3O4/c1-16-14-20(8-9-26-16)27-10-5-11-28(13-12-27)24(29)19(4)31-21-6-7-22-17(2)18(3)25(30)32-23(22)15-21/h6-9,14-15,19H,5,10-13H2,1-4H3. The quantitative estimate of drug-likeness (QED) is 0.583. The van der Waals surface area contributed by atoms with Crippen LogP contribution >= 0.6 is 0 Å². The van der Waals surface area contributed by atoms with Gasteiger partial charge in [-0.3, -0.25) is 9.78 Å². The van der Waals surface area contributed by atoms with Crippen LogP contribution in [-0.4, -0.2) is 48.1 Å². The Morgan fingerprint density at radius 2 is 1.88 bits per heavy atom. The molecule has 1 aliphatic rings. The predicted octanol–water partition coefficient (Wildman–Crippen LogP) is 3.62. The fourth-order valence-electron chi connectivity index (χ4n) is 4.14. The molecule has 0 aliphatic carbocycles. The number of carbonyl (C=O) groups excluding carboxylic acids is 1. The van der Waals surface area contributed by atoms with Gasteiger partial charge in [-0.15, -0.1) is 0 Å². The highest BCUT2D eigenvalue weighted by molar-refractivity contribution is 5.83. The second-order valence-corrected chi connectivity index (χ2v) is 8.38. The summed E-state index contributed by atoms with van der Waals surface area (Å²) in [6.07, 6.45) is 2.07. The second-order valence-electron chi connectivity index (χ2n) is 8.38. The maximum atomic E-state index is 13.1. The van der Waals surface area contributed by atoms with E-state index in [4.69, 9.17) is 9.15 Å². The number of amides is 1. The van der Waals surface area contributed by atoms with Crippen molar-refractivity contribution in [2.24, 2.45) is 0 Å². The Morgan fingerprint density at radius 1 is 1.06 bits per heavy atom. The lowest BCUT2D eigenvalue weighted by atomic mass is 10.1. The van der Waals surface area contributed by atoms with Gasteiger partial charge in [0, 0.05) is 60.8 Å². The minimum Gasteiger partial charge on any atom is -0.481 e. The Balaban J connectivity index is 1.43. The minimum atomic E-state index is -0.638. The maximum Gasteiger partial charge on any atom is 0.339 e. The van der Waals surface area contributed by atoms with Gasteiger partial charge in [-0.2, -0.15) is 0 Å². The van der Waals surface area contributed by atoms with Crippen LogP contribution in [-0.2, 0) is 4.79 Å². The number of benzene rings is 1. The third-order valence-corrected chi connectivity index (χ3v) is 6.14. The Hall–Kier alpha value is -3.35. The van der Waals surface area contributed by atoms with Crippen molar-refractivity contribution in [2.45, 2.75) is 40.2 Å². The van der Waals surface area contributed by atoms with E-state index in [1.807, 2.05) is 43.1 Å². The van der Waals surface area contributed by atoms with Gasteiger partial charge in [-0.1, -0.05) is 0 Å². The molecule has 7 nitrogen and oxygen atoms in total. The number of ether oxygens (including phenoxy) is 1. The number of aryl methyl sites for hydroxylation is 2. The van der Waals surface area contributed by atoms with Crippen molar-refractivity contribution in [1.82, 2.24) is 9.88 Å². The Labute approximate surface area is 187 Å². The molecule has 32 heavy (non-hydrogen) atoms. The van der Waals surface area contributed by atoms with Crippen molar-refractivity contribution in [3.8, 4) is 5.75 Å². The first kappa shape index (κ1) is 21.9. The molecule has 1 aromatic carbocycles. The molecular formula is C25H29N3O4. The third kappa shape index (κ3) is 4.47. The fourth-order valence-corrected chi connectivity index (χ4v) is 4.14. The van der Waals surface area contributed by atoms with Gasteiger partial charge in [0.15, 0.2) is 6.10 Å². The number of carbonyl (C=O) groups is 1. The third-order valence-electron chi connectivity index (χ3n) is 6.14. The highest BCUT2D eigenvalue weighted by Gasteiger charge is 2.25. The van der Waals surface area contributed by atoms with Crippen LogP contribution in [0.25, 0.3) is 11.0 Å². The van der Waals surface area contributed by atoms with E-state index in [1.54, 1.807) is 19.9 Å². The second kappa shape index (κ2) is 9.02. The van der Waals surface area contributed by atoms with Crippen molar-refractivity contribution in [3.63, 3.8) is 0 Å². The summed E-state index contributed by atoms with van der Waals surface area (Å²) in [6, 6.07) is 9.45. The molecule has 1 fully saturated rings. The summed E-state index contributed by atoms with van der Waals surface area (Å²) in [5.41, 5.74) is 3.73. The van der Waals surface area contributed by atoms with E-state index in [-0.39, 0.29) is 11.5 Å². The van der Waals surface area contributed by atoms with Gasteiger partial charge in [0.05, 0.1) is 0 Å². The van der Waals surface area contributed by atoms with Crippen LogP contribution < -0.4 is 15.3 Å². The van der Waals surface area contributed by atoms with Crippen LogP contribution in [0.5, 0.6) is 5.75 Å². The molecule has 7 heteroatoms. The molecule has 0 saturated carbocycles. The van der Waals surface area contributed by atoms with Crippen molar-refractivity contribution in [2.75, 3.05) is 31.1 Å². The van der Waals surface area contributed by atoms with E-state index in [0.29, 0.717) is 30.0 Å².